The molecule has 0 fully saturated rings. The Bertz CT molecular complexity index is 1400. The van der Waals surface area contributed by atoms with E-state index in [1.54, 1.807) is 33.7 Å². The van der Waals surface area contributed by atoms with Gasteiger partial charge in [-0.25, -0.2) is 0 Å². The molecule has 0 atom stereocenters. The number of amides is 1. The molecule has 0 aliphatic carbocycles. The largest absolute Gasteiger partial charge is 0.496 e. The van der Waals surface area contributed by atoms with Crippen LogP contribution in [-0.2, 0) is 11.2 Å². The van der Waals surface area contributed by atoms with Crippen LogP contribution in [0.5, 0.6) is 17.2 Å². The lowest BCUT2D eigenvalue weighted by Crippen LogP contribution is -2.23. The van der Waals surface area contributed by atoms with E-state index >= 15 is 0 Å². The number of nitrogens with one attached hydrogen (secondary N) is 1. The normalized spacial score (nSPS) is 11.4. The molecular weight excluding hydrogens is 454 g/mol. The number of aryl methyl sites for hydroxylation is 1. The van der Waals surface area contributed by atoms with Gasteiger partial charge in [0.05, 0.1) is 27.6 Å². The van der Waals surface area contributed by atoms with Crippen LogP contribution in [-0.4, -0.2) is 33.8 Å². The van der Waals surface area contributed by atoms with Crippen molar-refractivity contribution in [3.8, 4) is 28.4 Å². The molecule has 3 aromatic carbocycles. The monoisotopic (exact) mass is 485 g/mol. The van der Waals surface area contributed by atoms with Gasteiger partial charge in [0.15, 0.2) is 11.5 Å². The van der Waals surface area contributed by atoms with E-state index in [0.717, 1.165) is 45.2 Å². The molecule has 1 aromatic heterocycles. The summed E-state index contributed by atoms with van der Waals surface area (Å²) in [6, 6.07) is 17.9. The maximum absolute atomic E-state index is 12.7. The van der Waals surface area contributed by atoms with Crippen LogP contribution in [0.4, 0.5) is 0 Å². The minimum absolute atomic E-state index is 0.143. The Morgan fingerprint density at radius 3 is 2.42 bits per heavy atom. The first-order valence-corrected chi connectivity index (χ1v) is 11.8. The molecular formula is C30H31NO5. The van der Waals surface area contributed by atoms with Gasteiger partial charge in [0.2, 0.25) is 5.91 Å². The van der Waals surface area contributed by atoms with Gasteiger partial charge in [-0.05, 0) is 55.2 Å². The number of carbonyl (C=O) groups excluding carboxylic acids is 1. The lowest BCUT2D eigenvalue weighted by atomic mass is 9.96. The molecule has 0 saturated heterocycles. The van der Waals surface area contributed by atoms with Crippen molar-refractivity contribution in [1.29, 1.82) is 0 Å². The maximum Gasteiger partial charge on any atom is 0.244 e. The summed E-state index contributed by atoms with van der Waals surface area (Å²) in [6.07, 6.45) is 4.12. The zero-order chi connectivity index (χ0) is 25.7. The number of carbonyl (C=O) groups is 1. The predicted molar refractivity (Wildman–Crippen MR) is 143 cm³/mol. The van der Waals surface area contributed by atoms with Crippen molar-refractivity contribution in [1.82, 2.24) is 5.32 Å². The van der Waals surface area contributed by atoms with E-state index in [4.69, 9.17) is 18.6 Å². The molecule has 0 unspecified atom stereocenters. The van der Waals surface area contributed by atoms with Crippen molar-refractivity contribution in [2.75, 3.05) is 27.9 Å². The number of hydrogen-bond acceptors (Lipinski definition) is 5. The molecule has 6 heteroatoms. The first kappa shape index (κ1) is 24.9. The second-order valence-corrected chi connectivity index (χ2v) is 8.53. The van der Waals surface area contributed by atoms with Crippen LogP contribution < -0.4 is 19.5 Å². The first-order chi connectivity index (χ1) is 17.5. The summed E-state index contributed by atoms with van der Waals surface area (Å²) in [4.78, 5) is 12.7. The van der Waals surface area contributed by atoms with Gasteiger partial charge >= 0.3 is 0 Å². The Labute approximate surface area is 211 Å². The van der Waals surface area contributed by atoms with Crippen LogP contribution in [0.1, 0.15) is 23.6 Å². The minimum Gasteiger partial charge on any atom is -0.496 e. The van der Waals surface area contributed by atoms with Crippen LogP contribution >= 0.6 is 0 Å². The van der Waals surface area contributed by atoms with E-state index in [0.29, 0.717) is 23.8 Å². The number of furan rings is 1. The number of fused-ring (bicyclic) bond motifs is 1. The number of rotatable bonds is 9. The summed E-state index contributed by atoms with van der Waals surface area (Å²) in [5, 5.41) is 3.90. The Kier molecular flexibility index (Phi) is 7.64. The van der Waals surface area contributed by atoms with E-state index in [9.17, 15) is 4.79 Å². The molecule has 6 nitrogen and oxygen atoms in total. The number of ether oxygens (including phenoxy) is 3. The third-order valence-electron chi connectivity index (χ3n) is 6.27. The van der Waals surface area contributed by atoms with Crippen LogP contribution in [0.2, 0.25) is 0 Å². The molecule has 0 saturated carbocycles. The number of methoxy groups -OCH3 is 3. The fraction of sp³-hybridized carbons (Fsp3) is 0.233. The summed E-state index contributed by atoms with van der Waals surface area (Å²) in [7, 11) is 4.85. The van der Waals surface area contributed by atoms with E-state index in [-0.39, 0.29) is 5.91 Å². The van der Waals surface area contributed by atoms with Gasteiger partial charge in [-0.15, -0.1) is 0 Å². The van der Waals surface area contributed by atoms with Gasteiger partial charge < -0.3 is 23.9 Å². The predicted octanol–water partition coefficient (Wildman–Crippen LogP) is 6.20. The van der Waals surface area contributed by atoms with Crippen LogP contribution in [0.3, 0.4) is 0 Å². The number of hydrogen-bond donors (Lipinski definition) is 1. The molecule has 0 radical (unpaired) electrons. The molecule has 1 amide bonds. The van der Waals surface area contributed by atoms with E-state index in [1.165, 1.54) is 5.56 Å². The Morgan fingerprint density at radius 2 is 1.72 bits per heavy atom. The van der Waals surface area contributed by atoms with Gasteiger partial charge in [0.25, 0.3) is 0 Å². The van der Waals surface area contributed by atoms with Crippen molar-refractivity contribution < 1.29 is 23.4 Å². The van der Waals surface area contributed by atoms with Crippen molar-refractivity contribution >= 4 is 22.4 Å². The average Bonchev–Trinajstić information content (AvgIpc) is 3.33. The van der Waals surface area contributed by atoms with Crippen LogP contribution in [0, 0.1) is 6.92 Å². The smallest absolute Gasteiger partial charge is 0.244 e. The van der Waals surface area contributed by atoms with Gasteiger partial charge in [-0.3, -0.25) is 4.79 Å². The highest BCUT2D eigenvalue weighted by atomic mass is 16.5. The molecule has 0 aliphatic heterocycles. The molecule has 0 aliphatic rings. The van der Waals surface area contributed by atoms with E-state index in [1.807, 2.05) is 56.3 Å². The average molecular weight is 486 g/mol. The first-order valence-electron chi connectivity index (χ1n) is 11.8. The van der Waals surface area contributed by atoms with Crippen LogP contribution in [0.25, 0.3) is 27.7 Å². The fourth-order valence-corrected chi connectivity index (χ4v) is 4.40. The van der Waals surface area contributed by atoms with Crippen molar-refractivity contribution in [3.63, 3.8) is 0 Å². The third kappa shape index (κ3) is 5.08. The maximum atomic E-state index is 12.7. The number of allylic oxidation sites excluding steroid dienone is 1. The second kappa shape index (κ2) is 11.0. The quantitative estimate of drug-likeness (QED) is 0.286. The molecule has 186 valence electrons. The third-order valence-corrected chi connectivity index (χ3v) is 6.27. The molecule has 4 aromatic rings. The van der Waals surface area contributed by atoms with E-state index in [2.05, 4.69) is 17.4 Å². The Hall–Kier alpha value is -4.19. The highest BCUT2D eigenvalue weighted by molar-refractivity contribution is 6.01. The molecule has 1 heterocycles. The van der Waals surface area contributed by atoms with Gasteiger partial charge in [-0.1, -0.05) is 36.4 Å². The summed E-state index contributed by atoms with van der Waals surface area (Å²) >= 11 is 0. The summed E-state index contributed by atoms with van der Waals surface area (Å²) < 4.78 is 22.6. The summed E-state index contributed by atoms with van der Waals surface area (Å²) in [5.74, 6) is 1.83. The van der Waals surface area contributed by atoms with Crippen LogP contribution in [0.15, 0.2) is 71.4 Å². The topological polar surface area (TPSA) is 69.9 Å². The number of benzene rings is 3. The highest BCUT2D eigenvalue weighted by Gasteiger charge is 2.19. The van der Waals surface area contributed by atoms with Crippen molar-refractivity contribution in [2.45, 2.75) is 20.3 Å². The van der Waals surface area contributed by atoms with Gasteiger partial charge in [-0.2, -0.15) is 0 Å². The highest BCUT2D eigenvalue weighted by Crippen LogP contribution is 2.42. The zero-order valence-electron chi connectivity index (χ0n) is 21.3. The lowest BCUT2D eigenvalue weighted by Gasteiger charge is -2.14. The SMILES string of the molecule is COc1ccc(-c2coc3c(C)c(OC)c(/C(C)=C/C(=O)NCCc4ccccc4)cc23)cc1OC. The van der Waals surface area contributed by atoms with Crippen molar-refractivity contribution in [3.05, 3.63) is 83.6 Å². The van der Waals surface area contributed by atoms with E-state index < -0.39 is 0 Å². The Balaban J connectivity index is 1.66. The molecule has 4 rings (SSSR count). The zero-order valence-corrected chi connectivity index (χ0v) is 21.3. The van der Waals surface area contributed by atoms with Crippen molar-refractivity contribution in [2.24, 2.45) is 0 Å². The molecule has 1 N–H and O–H groups in total. The standard InChI is InChI=1S/C30H31NO5/c1-19(15-28(32)31-14-13-21-9-7-6-8-10-21)23-17-24-25(18-36-30(24)20(2)29(23)35-5)22-11-12-26(33-3)27(16-22)34-4/h6-12,15-18H,13-14H2,1-5H3,(H,31,32)/b19-15+. The summed E-state index contributed by atoms with van der Waals surface area (Å²) in [6.45, 7) is 4.43. The Morgan fingerprint density at radius 1 is 0.972 bits per heavy atom. The fourth-order valence-electron chi connectivity index (χ4n) is 4.40. The second-order valence-electron chi connectivity index (χ2n) is 8.53. The summed E-state index contributed by atoms with van der Waals surface area (Å²) in [5.41, 5.74) is 6.27. The van der Waals surface area contributed by atoms with Gasteiger partial charge in [0.1, 0.15) is 11.3 Å². The van der Waals surface area contributed by atoms with Gasteiger partial charge in [0, 0.05) is 34.7 Å². The molecule has 0 spiro atoms. The molecule has 36 heavy (non-hydrogen) atoms. The minimum atomic E-state index is -0.143. The lowest BCUT2D eigenvalue weighted by molar-refractivity contribution is -0.116. The molecule has 0 bridgehead atoms.